The molecule has 128 valence electrons. The summed E-state index contributed by atoms with van der Waals surface area (Å²) < 4.78 is 0. The monoisotopic (exact) mass is 337 g/mol. The van der Waals surface area contributed by atoms with Crippen molar-refractivity contribution in [1.82, 2.24) is 5.32 Å². The highest BCUT2D eigenvalue weighted by molar-refractivity contribution is 5.89. The average molecular weight is 337 g/mol. The van der Waals surface area contributed by atoms with Gasteiger partial charge >= 0.3 is 11.9 Å². The van der Waals surface area contributed by atoms with Crippen LogP contribution in [0.2, 0.25) is 0 Å². The highest BCUT2D eigenvalue weighted by atomic mass is 16.4. The van der Waals surface area contributed by atoms with E-state index in [2.05, 4.69) is 60.8 Å². The van der Waals surface area contributed by atoms with Gasteiger partial charge in [0, 0.05) is 18.2 Å². The third-order valence-electron chi connectivity index (χ3n) is 4.54. The topological polar surface area (TPSA) is 86.6 Å². The van der Waals surface area contributed by atoms with Gasteiger partial charge in [0.25, 0.3) is 0 Å². The molecule has 1 heterocycles. The number of carbonyl (C=O) groups is 2. The van der Waals surface area contributed by atoms with Crippen LogP contribution in [0.25, 0.3) is 5.57 Å². The molecule has 0 saturated heterocycles. The van der Waals surface area contributed by atoms with E-state index in [1.807, 2.05) is 0 Å². The number of fused-ring (bicyclic) bond motifs is 1. The lowest BCUT2D eigenvalue weighted by Gasteiger charge is -2.32. The standard InChI is InChI=1S/C16H15N.C4H4O4/c1-16-9-8-11-6-7-12(17-16)10-14(11)13-4-2-3-5-15(13)16;5-3(6)1-2-4(7)8/h2-9,12,17H,10H2,1H3;1-2H,(H,5,6)(H,7,8)/b;2-1-. The summed E-state index contributed by atoms with van der Waals surface area (Å²) >= 11 is 0. The second-order valence-corrected chi connectivity index (χ2v) is 6.34. The molecular formula is C20H19NO4. The minimum absolute atomic E-state index is 0.0322. The Morgan fingerprint density at radius 2 is 1.84 bits per heavy atom. The first-order chi connectivity index (χ1) is 11.9. The van der Waals surface area contributed by atoms with Gasteiger partial charge in [0.1, 0.15) is 0 Å². The van der Waals surface area contributed by atoms with Crippen LogP contribution in [0.15, 0.2) is 66.3 Å². The maximum atomic E-state index is 9.55. The zero-order valence-electron chi connectivity index (χ0n) is 13.8. The molecule has 2 atom stereocenters. The van der Waals surface area contributed by atoms with Gasteiger partial charge in [-0.15, -0.1) is 0 Å². The molecule has 3 N–H and O–H groups in total. The number of benzene rings is 1. The summed E-state index contributed by atoms with van der Waals surface area (Å²) in [5.74, 6) is -2.51. The van der Waals surface area contributed by atoms with Crippen molar-refractivity contribution >= 4 is 17.5 Å². The number of aliphatic carboxylic acids is 2. The van der Waals surface area contributed by atoms with Crippen molar-refractivity contribution in [3.63, 3.8) is 0 Å². The molecule has 2 unspecified atom stereocenters. The Labute approximate surface area is 145 Å². The van der Waals surface area contributed by atoms with Crippen LogP contribution in [0.5, 0.6) is 0 Å². The second-order valence-electron chi connectivity index (χ2n) is 6.34. The molecule has 0 saturated carbocycles. The number of carboxylic acid groups (broad SMARTS) is 2. The fourth-order valence-electron chi connectivity index (χ4n) is 3.45. The smallest absolute Gasteiger partial charge is 0.328 e. The summed E-state index contributed by atoms with van der Waals surface area (Å²) in [5.41, 5.74) is 5.69. The van der Waals surface area contributed by atoms with Crippen LogP contribution in [0, 0.1) is 0 Å². The van der Waals surface area contributed by atoms with Gasteiger partial charge in [-0.3, -0.25) is 5.32 Å². The molecule has 0 spiro atoms. The van der Waals surface area contributed by atoms with Crippen molar-refractivity contribution in [2.45, 2.75) is 24.9 Å². The summed E-state index contributed by atoms with van der Waals surface area (Å²) in [6, 6.07) is 9.27. The van der Waals surface area contributed by atoms with Crippen LogP contribution < -0.4 is 5.32 Å². The summed E-state index contributed by atoms with van der Waals surface area (Å²) in [6.45, 7) is 2.28. The molecule has 0 amide bonds. The molecule has 1 aromatic carbocycles. The zero-order valence-corrected chi connectivity index (χ0v) is 13.8. The van der Waals surface area contributed by atoms with E-state index in [-0.39, 0.29) is 5.54 Å². The summed E-state index contributed by atoms with van der Waals surface area (Å²) in [7, 11) is 0. The molecule has 1 aliphatic heterocycles. The Morgan fingerprint density at radius 3 is 2.52 bits per heavy atom. The van der Waals surface area contributed by atoms with Gasteiger partial charge in [-0.05, 0) is 35.6 Å². The van der Waals surface area contributed by atoms with Crippen LogP contribution in [0.3, 0.4) is 0 Å². The third kappa shape index (κ3) is 3.46. The first-order valence-electron chi connectivity index (χ1n) is 8.01. The molecule has 4 rings (SSSR count). The van der Waals surface area contributed by atoms with Gasteiger partial charge in [0.05, 0.1) is 5.54 Å². The van der Waals surface area contributed by atoms with E-state index in [1.165, 1.54) is 22.3 Å². The maximum absolute atomic E-state index is 9.55. The molecule has 0 fully saturated rings. The Morgan fingerprint density at radius 1 is 1.16 bits per heavy atom. The molecule has 3 bridgehead atoms. The minimum atomic E-state index is -1.26. The van der Waals surface area contributed by atoms with E-state index in [1.54, 1.807) is 0 Å². The summed E-state index contributed by atoms with van der Waals surface area (Å²) in [4.78, 5) is 19.1. The van der Waals surface area contributed by atoms with Crippen LogP contribution in [0.1, 0.15) is 24.5 Å². The fourth-order valence-corrected chi connectivity index (χ4v) is 3.45. The predicted octanol–water partition coefficient (Wildman–Crippen LogP) is 2.87. The Kier molecular flexibility index (Phi) is 4.42. The van der Waals surface area contributed by atoms with E-state index in [0.29, 0.717) is 18.2 Å². The van der Waals surface area contributed by atoms with Crippen molar-refractivity contribution in [2.24, 2.45) is 0 Å². The van der Waals surface area contributed by atoms with Crippen molar-refractivity contribution in [3.05, 3.63) is 77.4 Å². The molecule has 5 nitrogen and oxygen atoms in total. The minimum Gasteiger partial charge on any atom is -0.478 e. The highest BCUT2D eigenvalue weighted by Gasteiger charge is 2.36. The van der Waals surface area contributed by atoms with Crippen molar-refractivity contribution < 1.29 is 19.8 Å². The molecular weight excluding hydrogens is 318 g/mol. The van der Waals surface area contributed by atoms with Gasteiger partial charge in [-0.25, -0.2) is 9.59 Å². The SMILES string of the molecule is CC12C=CC3=C(CC(C=C3)N1)c1ccccc12.O=C(O)/C=C\C(=O)O. The van der Waals surface area contributed by atoms with Crippen LogP contribution >= 0.6 is 0 Å². The van der Waals surface area contributed by atoms with Crippen LogP contribution in [-0.4, -0.2) is 28.2 Å². The average Bonchev–Trinajstić information content (AvgIpc) is 2.74. The van der Waals surface area contributed by atoms with Crippen LogP contribution in [0.4, 0.5) is 0 Å². The Balaban J connectivity index is 0.000000197. The maximum Gasteiger partial charge on any atom is 0.328 e. The number of nitrogens with one attached hydrogen (secondary N) is 1. The summed E-state index contributed by atoms with van der Waals surface area (Å²) in [6.07, 6.45) is 11.4. The number of hydrogen-bond donors (Lipinski definition) is 3. The van der Waals surface area contributed by atoms with Crippen molar-refractivity contribution in [2.75, 3.05) is 0 Å². The van der Waals surface area contributed by atoms with E-state index >= 15 is 0 Å². The third-order valence-corrected chi connectivity index (χ3v) is 4.54. The van der Waals surface area contributed by atoms with Gasteiger partial charge in [-0.1, -0.05) is 48.6 Å². The van der Waals surface area contributed by atoms with E-state index < -0.39 is 11.9 Å². The van der Waals surface area contributed by atoms with Gasteiger partial charge in [-0.2, -0.15) is 0 Å². The first kappa shape index (κ1) is 16.9. The number of carboxylic acids is 2. The molecule has 1 aromatic rings. The zero-order chi connectivity index (χ0) is 18.0. The molecule has 3 aliphatic rings. The number of hydrogen-bond acceptors (Lipinski definition) is 3. The van der Waals surface area contributed by atoms with Gasteiger partial charge in [0.15, 0.2) is 0 Å². The molecule has 5 heteroatoms. The largest absolute Gasteiger partial charge is 0.478 e. The van der Waals surface area contributed by atoms with Gasteiger partial charge < -0.3 is 10.2 Å². The fraction of sp³-hybridized carbons (Fsp3) is 0.200. The van der Waals surface area contributed by atoms with Crippen molar-refractivity contribution in [1.29, 1.82) is 0 Å². The predicted molar refractivity (Wildman–Crippen MR) is 94.9 cm³/mol. The molecule has 0 radical (unpaired) electrons. The van der Waals surface area contributed by atoms with Crippen molar-refractivity contribution in [3.8, 4) is 0 Å². The molecule has 0 aromatic heterocycles. The van der Waals surface area contributed by atoms with Gasteiger partial charge in [0.2, 0.25) is 0 Å². The number of rotatable bonds is 2. The highest BCUT2D eigenvalue weighted by Crippen LogP contribution is 2.43. The Hall–Kier alpha value is -2.92. The lowest BCUT2D eigenvalue weighted by Crippen LogP contribution is -2.43. The Bertz CT molecular complexity index is 831. The second kappa shape index (κ2) is 6.53. The lowest BCUT2D eigenvalue weighted by atomic mass is 9.88. The van der Waals surface area contributed by atoms with E-state index in [0.717, 1.165) is 6.42 Å². The van der Waals surface area contributed by atoms with E-state index in [9.17, 15) is 9.59 Å². The molecule has 2 aliphatic carbocycles. The summed E-state index contributed by atoms with van der Waals surface area (Å²) in [5, 5.41) is 19.4. The lowest BCUT2D eigenvalue weighted by molar-refractivity contribution is -0.134. The first-order valence-corrected chi connectivity index (χ1v) is 8.01. The molecule has 25 heavy (non-hydrogen) atoms. The normalized spacial score (nSPS) is 25.2. The van der Waals surface area contributed by atoms with E-state index in [4.69, 9.17) is 10.2 Å². The van der Waals surface area contributed by atoms with Crippen LogP contribution in [-0.2, 0) is 15.1 Å². The number of allylic oxidation sites excluding steroid dienone is 3. The quantitative estimate of drug-likeness (QED) is 0.723.